The van der Waals surface area contributed by atoms with Crippen LogP contribution in [0.5, 0.6) is 17.2 Å². The Morgan fingerprint density at radius 2 is 1.79 bits per heavy atom. The molecule has 1 aliphatic heterocycles. The SMILES string of the molecule is CCNC(=NCc1ccc(OC)c(OC)c1OC)NCC(C)N1CCOCC1.I. The smallest absolute Gasteiger partial charge is 0.203 e. The van der Waals surface area contributed by atoms with Crippen LogP contribution in [0.25, 0.3) is 0 Å². The molecular weight excluding hydrogens is 487 g/mol. The summed E-state index contributed by atoms with van der Waals surface area (Å²) in [4.78, 5) is 7.14. The summed E-state index contributed by atoms with van der Waals surface area (Å²) in [6.07, 6.45) is 0. The van der Waals surface area contributed by atoms with Crippen molar-refractivity contribution in [3.8, 4) is 17.2 Å². The average Bonchev–Trinajstić information content (AvgIpc) is 2.75. The van der Waals surface area contributed by atoms with Gasteiger partial charge >= 0.3 is 0 Å². The fourth-order valence-electron chi connectivity index (χ4n) is 3.19. The lowest BCUT2D eigenvalue weighted by Gasteiger charge is -2.32. The van der Waals surface area contributed by atoms with Gasteiger partial charge in [-0.05, 0) is 26.0 Å². The number of hydrogen-bond acceptors (Lipinski definition) is 6. The highest BCUT2D eigenvalue weighted by Gasteiger charge is 2.18. The molecule has 0 saturated carbocycles. The van der Waals surface area contributed by atoms with Crippen molar-refractivity contribution in [1.29, 1.82) is 0 Å². The minimum absolute atomic E-state index is 0. The number of hydrogen-bond donors (Lipinski definition) is 2. The molecule has 0 amide bonds. The van der Waals surface area contributed by atoms with Gasteiger partial charge in [0, 0.05) is 37.8 Å². The fraction of sp³-hybridized carbons (Fsp3) is 0.650. The van der Waals surface area contributed by atoms with E-state index in [0.29, 0.717) is 29.8 Å². The Morgan fingerprint density at radius 3 is 2.38 bits per heavy atom. The molecule has 1 aliphatic rings. The number of guanidine groups is 1. The van der Waals surface area contributed by atoms with E-state index in [4.69, 9.17) is 23.9 Å². The molecule has 0 aliphatic carbocycles. The molecule has 1 aromatic rings. The molecule has 1 heterocycles. The number of benzene rings is 1. The minimum Gasteiger partial charge on any atom is -0.493 e. The number of rotatable bonds is 9. The number of methoxy groups -OCH3 is 3. The summed E-state index contributed by atoms with van der Waals surface area (Å²) >= 11 is 0. The van der Waals surface area contributed by atoms with E-state index in [1.165, 1.54) is 0 Å². The maximum absolute atomic E-state index is 5.55. The first-order valence-electron chi connectivity index (χ1n) is 9.76. The second-order valence-electron chi connectivity index (χ2n) is 6.57. The predicted octanol–water partition coefficient (Wildman–Crippen LogP) is 2.11. The van der Waals surface area contributed by atoms with Gasteiger partial charge in [0.05, 0.1) is 41.1 Å². The highest BCUT2D eigenvalue weighted by atomic mass is 127. The molecule has 0 radical (unpaired) electrons. The number of nitrogens with one attached hydrogen (secondary N) is 2. The zero-order chi connectivity index (χ0) is 20.4. The van der Waals surface area contributed by atoms with E-state index in [9.17, 15) is 0 Å². The largest absolute Gasteiger partial charge is 0.493 e. The van der Waals surface area contributed by atoms with Crippen molar-refractivity contribution >= 4 is 29.9 Å². The number of halogens is 1. The molecule has 0 spiro atoms. The summed E-state index contributed by atoms with van der Waals surface area (Å²) in [6, 6.07) is 4.22. The first kappa shape index (κ1) is 25.6. The molecule has 166 valence electrons. The van der Waals surface area contributed by atoms with Gasteiger partial charge in [0.1, 0.15) is 0 Å². The van der Waals surface area contributed by atoms with E-state index in [0.717, 1.165) is 50.9 Å². The molecule has 9 heteroatoms. The Balaban J connectivity index is 0.00000420. The second-order valence-corrected chi connectivity index (χ2v) is 6.57. The average molecular weight is 522 g/mol. The first-order valence-corrected chi connectivity index (χ1v) is 9.76. The van der Waals surface area contributed by atoms with Gasteiger partial charge in [-0.3, -0.25) is 4.90 Å². The van der Waals surface area contributed by atoms with Gasteiger partial charge in [0.25, 0.3) is 0 Å². The normalized spacial score (nSPS) is 15.8. The van der Waals surface area contributed by atoms with Gasteiger partial charge in [-0.25, -0.2) is 4.99 Å². The fourth-order valence-corrected chi connectivity index (χ4v) is 3.19. The van der Waals surface area contributed by atoms with Gasteiger partial charge in [-0.15, -0.1) is 24.0 Å². The van der Waals surface area contributed by atoms with Crippen LogP contribution in [0.1, 0.15) is 19.4 Å². The first-order chi connectivity index (χ1) is 13.6. The monoisotopic (exact) mass is 522 g/mol. The number of aliphatic imine (C=N–C) groups is 1. The van der Waals surface area contributed by atoms with E-state index >= 15 is 0 Å². The zero-order valence-corrected chi connectivity index (χ0v) is 20.4. The molecule has 1 saturated heterocycles. The van der Waals surface area contributed by atoms with Crippen LogP contribution in [0, 0.1) is 0 Å². The van der Waals surface area contributed by atoms with Gasteiger partial charge in [-0.2, -0.15) is 0 Å². The number of ether oxygens (including phenoxy) is 4. The van der Waals surface area contributed by atoms with Gasteiger partial charge < -0.3 is 29.6 Å². The lowest BCUT2D eigenvalue weighted by atomic mass is 10.1. The molecule has 2 rings (SSSR count). The Bertz CT molecular complexity index is 639. The Labute approximate surface area is 191 Å². The van der Waals surface area contributed by atoms with Crippen LogP contribution >= 0.6 is 24.0 Å². The standard InChI is InChI=1S/C20H34N4O4.HI/c1-6-21-20(22-13-15(2)24-9-11-28-12-10-24)23-14-16-7-8-17(25-3)19(27-5)18(16)26-4;/h7-8,15H,6,9-14H2,1-5H3,(H2,21,22,23);1H. The summed E-state index contributed by atoms with van der Waals surface area (Å²) in [5, 5.41) is 6.73. The summed E-state index contributed by atoms with van der Waals surface area (Å²) in [6.45, 7) is 9.90. The Hall–Kier alpha value is -1.46. The number of nitrogens with zero attached hydrogens (tertiary/aromatic N) is 2. The lowest BCUT2D eigenvalue weighted by molar-refractivity contribution is 0.0211. The van der Waals surface area contributed by atoms with Crippen molar-refractivity contribution in [2.75, 3.05) is 60.7 Å². The molecular formula is C20H35IN4O4. The quantitative estimate of drug-likeness (QED) is 0.292. The third-order valence-electron chi connectivity index (χ3n) is 4.77. The zero-order valence-electron chi connectivity index (χ0n) is 18.1. The molecule has 0 bridgehead atoms. The second kappa shape index (κ2) is 13.7. The van der Waals surface area contributed by atoms with Crippen LogP contribution in [0.3, 0.4) is 0 Å². The van der Waals surface area contributed by atoms with Crippen LogP contribution in [0.2, 0.25) is 0 Å². The summed E-state index contributed by atoms with van der Waals surface area (Å²) in [5.41, 5.74) is 0.929. The highest BCUT2D eigenvalue weighted by Crippen LogP contribution is 2.39. The van der Waals surface area contributed by atoms with E-state index in [-0.39, 0.29) is 24.0 Å². The van der Waals surface area contributed by atoms with Crippen molar-refractivity contribution in [2.45, 2.75) is 26.4 Å². The molecule has 2 N–H and O–H groups in total. The minimum atomic E-state index is 0. The summed E-state index contributed by atoms with van der Waals surface area (Å²) in [7, 11) is 4.84. The summed E-state index contributed by atoms with van der Waals surface area (Å²) < 4.78 is 21.8. The molecule has 0 aromatic heterocycles. The highest BCUT2D eigenvalue weighted by molar-refractivity contribution is 14.0. The third kappa shape index (κ3) is 7.38. The van der Waals surface area contributed by atoms with Crippen LogP contribution in [-0.2, 0) is 11.3 Å². The van der Waals surface area contributed by atoms with E-state index in [1.807, 2.05) is 12.1 Å². The van der Waals surface area contributed by atoms with Gasteiger partial charge in [0.2, 0.25) is 5.75 Å². The maximum atomic E-state index is 5.55. The van der Waals surface area contributed by atoms with Crippen molar-refractivity contribution in [3.63, 3.8) is 0 Å². The van der Waals surface area contributed by atoms with Crippen molar-refractivity contribution < 1.29 is 18.9 Å². The Morgan fingerprint density at radius 1 is 1.10 bits per heavy atom. The number of morpholine rings is 1. The van der Waals surface area contributed by atoms with Gasteiger partial charge in [0.15, 0.2) is 17.5 Å². The third-order valence-corrected chi connectivity index (χ3v) is 4.77. The van der Waals surface area contributed by atoms with Crippen molar-refractivity contribution in [2.24, 2.45) is 4.99 Å². The van der Waals surface area contributed by atoms with Crippen LogP contribution in [-0.4, -0.2) is 77.6 Å². The van der Waals surface area contributed by atoms with Crippen molar-refractivity contribution in [3.05, 3.63) is 17.7 Å². The van der Waals surface area contributed by atoms with Crippen LogP contribution < -0.4 is 24.8 Å². The molecule has 1 aromatic carbocycles. The molecule has 29 heavy (non-hydrogen) atoms. The lowest BCUT2D eigenvalue weighted by Crippen LogP contribution is -2.49. The maximum Gasteiger partial charge on any atom is 0.203 e. The molecule has 1 unspecified atom stereocenters. The van der Waals surface area contributed by atoms with Crippen LogP contribution in [0.4, 0.5) is 0 Å². The summed E-state index contributed by atoms with van der Waals surface area (Å²) in [5.74, 6) is 2.63. The predicted molar refractivity (Wildman–Crippen MR) is 126 cm³/mol. The van der Waals surface area contributed by atoms with E-state index in [2.05, 4.69) is 29.4 Å². The topological polar surface area (TPSA) is 76.6 Å². The van der Waals surface area contributed by atoms with Gasteiger partial charge in [-0.1, -0.05) is 0 Å². The van der Waals surface area contributed by atoms with E-state index < -0.39 is 0 Å². The van der Waals surface area contributed by atoms with Crippen molar-refractivity contribution in [1.82, 2.24) is 15.5 Å². The van der Waals surface area contributed by atoms with Crippen LogP contribution in [0.15, 0.2) is 17.1 Å². The molecule has 8 nitrogen and oxygen atoms in total. The Kier molecular flexibility index (Phi) is 12.1. The molecule has 1 fully saturated rings. The molecule has 1 atom stereocenters. The van der Waals surface area contributed by atoms with E-state index in [1.54, 1.807) is 21.3 Å².